The van der Waals surface area contributed by atoms with Crippen molar-refractivity contribution < 1.29 is 4.79 Å². The first-order chi connectivity index (χ1) is 6.09. The van der Waals surface area contributed by atoms with Crippen molar-refractivity contribution in [1.82, 2.24) is 4.90 Å². The van der Waals surface area contributed by atoms with Gasteiger partial charge in [0.25, 0.3) is 0 Å². The Morgan fingerprint density at radius 3 is 2.00 bits per heavy atom. The summed E-state index contributed by atoms with van der Waals surface area (Å²) in [5.74, 6) is 1.59. The summed E-state index contributed by atoms with van der Waals surface area (Å²) < 4.78 is 0. The molecular weight excluding hydrogens is 162 g/mol. The third kappa shape index (κ3) is 3.37. The minimum atomic E-state index is 0.237. The van der Waals surface area contributed by atoms with Gasteiger partial charge in [0.05, 0.1) is 0 Å². The summed E-state index contributed by atoms with van der Waals surface area (Å²) in [5, 5.41) is 0. The molecule has 2 atom stereocenters. The number of likely N-dealkylation sites (tertiary alicyclic amines) is 1. The smallest absolute Gasteiger partial charge is 0.219 e. The Morgan fingerprint density at radius 1 is 1.15 bits per heavy atom. The van der Waals surface area contributed by atoms with Crippen molar-refractivity contribution in [2.24, 2.45) is 11.8 Å². The van der Waals surface area contributed by atoms with Crippen LogP contribution in [-0.2, 0) is 4.79 Å². The average Bonchev–Trinajstić information content (AvgIpc) is 1.99. The molecule has 0 N–H and O–H groups in total. The molecule has 1 rings (SSSR count). The molecule has 0 bridgehead atoms. The maximum absolute atomic E-state index is 11.3. The first-order valence-electron chi connectivity index (χ1n) is 5.35. The van der Waals surface area contributed by atoms with Crippen molar-refractivity contribution in [3.05, 3.63) is 0 Å². The highest BCUT2D eigenvalue weighted by atomic mass is 16.2. The molecule has 1 heterocycles. The minimum Gasteiger partial charge on any atom is -0.342 e. The van der Waals surface area contributed by atoms with Crippen LogP contribution < -0.4 is 0 Å². The summed E-state index contributed by atoms with van der Waals surface area (Å²) in [6, 6.07) is 0. The number of hydrogen-bond donors (Lipinski definition) is 0. The average molecular weight is 183 g/mol. The van der Waals surface area contributed by atoms with Gasteiger partial charge in [-0.25, -0.2) is 0 Å². The lowest BCUT2D eigenvalue weighted by molar-refractivity contribution is -0.130. The van der Waals surface area contributed by atoms with Crippen LogP contribution in [0, 0.1) is 11.8 Å². The molecule has 1 aliphatic heterocycles. The molecule has 2 nitrogen and oxygen atoms in total. The summed E-state index contributed by atoms with van der Waals surface area (Å²) in [7, 11) is 0. The first-order valence-corrected chi connectivity index (χ1v) is 5.35. The van der Waals surface area contributed by atoms with Crippen molar-refractivity contribution in [3.8, 4) is 0 Å². The molecule has 0 radical (unpaired) electrons. The van der Waals surface area contributed by atoms with Gasteiger partial charge in [-0.05, 0) is 24.7 Å². The van der Waals surface area contributed by atoms with Gasteiger partial charge in [0.2, 0.25) is 5.91 Å². The van der Waals surface area contributed by atoms with E-state index in [0.29, 0.717) is 11.8 Å². The predicted octanol–water partition coefficient (Wildman–Crippen LogP) is 2.29. The molecule has 0 aromatic carbocycles. The Hall–Kier alpha value is -0.530. The number of carbonyl (C=O) groups excluding carboxylic acids is 1. The summed E-state index contributed by atoms with van der Waals surface area (Å²) >= 11 is 0. The Bertz CT molecular complexity index is 167. The van der Waals surface area contributed by atoms with Crippen molar-refractivity contribution in [3.63, 3.8) is 0 Å². The van der Waals surface area contributed by atoms with Crippen LogP contribution in [0.25, 0.3) is 0 Å². The molecule has 2 unspecified atom stereocenters. The molecule has 1 amide bonds. The van der Waals surface area contributed by atoms with E-state index < -0.39 is 0 Å². The first kappa shape index (κ1) is 10.6. The van der Waals surface area contributed by atoms with Crippen LogP contribution in [0.2, 0.25) is 0 Å². The molecule has 76 valence electrons. The molecular formula is C11H21NO. The van der Waals surface area contributed by atoms with Crippen molar-refractivity contribution in [2.45, 2.75) is 40.0 Å². The van der Waals surface area contributed by atoms with E-state index in [4.69, 9.17) is 0 Å². The zero-order valence-corrected chi connectivity index (χ0v) is 9.05. The van der Waals surface area contributed by atoms with E-state index in [1.807, 2.05) is 4.90 Å². The van der Waals surface area contributed by atoms with Crippen molar-refractivity contribution >= 4 is 5.91 Å². The molecule has 0 aromatic rings. The van der Waals surface area contributed by atoms with E-state index in [2.05, 4.69) is 13.8 Å². The van der Waals surface area contributed by atoms with Crippen LogP contribution in [0.15, 0.2) is 0 Å². The Labute approximate surface area is 81.3 Å². The van der Waals surface area contributed by atoms with Gasteiger partial charge in [-0.2, -0.15) is 0 Å². The molecule has 2 heteroatoms. The molecule has 1 fully saturated rings. The standard InChI is InChI=1S/C11H21NO/c1-9-5-4-6-10(2)8-12(7-9)11(3)13/h9-10H,4-8H2,1-3H3. The second-order valence-electron chi connectivity index (χ2n) is 4.57. The van der Waals surface area contributed by atoms with Crippen LogP contribution in [0.1, 0.15) is 40.0 Å². The van der Waals surface area contributed by atoms with Crippen molar-refractivity contribution in [2.75, 3.05) is 13.1 Å². The third-order valence-electron chi connectivity index (χ3n) is 2.90. The molecule has 13 heavy (non-hydrogen) atoms. The monoisotopic (exact) mass is 183 g/mol. The van der Waals surface area contributed by atoms with E-state index in [1.165, 1.54) is 19.3 Å². The second kappa shape index (κ2) is 4.64. The second-order valence-corrected chi connectivity index (χ2v) is 4.57. The lowest BCUT2D eigenvalue weighted by atomic mass is 9.94. The van der Waals surface area contributed by atoms with Crippen LogP contribution in [0.4, 0.5) is 0 Å². The highest BCUT2D eigenvalue weighted by Gasteiger charge is 2.18. The van der Waals surface area contributed by atoms with E-state index >= 15 is 0 Å². The molecule has 0 aliphatic carbocycles. The Morgan fingerprint density at radius 2 is 1.62 bits per heavy atom. The van der Waals surface area contributed by atoms with Gasteiger partial charge < -0.3 is 4.90 Å². The molecule has 0 saturated carbocycles. The van der Waals surface area contributed by atoms with Gasteiger partial charge in [-0.15, -0.1) is 0 Å². The SMILES string of the molecule is CC(=O)N1CC(C)CCCC(C)C1. The number of amides is 1. The highest BCUT2D eigenvalue weighted by molar-refractivity contribution is 5.73. The minimum absolute atomic E-state index is 0.237. The fourth-order valence-electron chi connectivity index (χ4n) is 2.08. The largest absolute Gasteiger partial charge is 0.342 e. The van der Waals surface area contributed by atoms with E-state index in [-0.39, 0.29) is 5.91 Å². The zero-order valence-electron chi connectivity index (χ0n) is 9.05. The van der Waals surface area contributed by atoms with Crippen LogP contribution in [0.3, 0.4) is 0 Å². The van der Waals surface area contributed by atoms with Gasteiger partial charge >= 0.3 is 0 Å². The zero-order chi connectivity index (χ0) is 9.84. The summed E-state index contributed by atoms with van der Waals surface area (Å²) in [4.78, 5) is 13.3. The number of hydrogen-bond acceptors (Lipinski definition) is 1. The van der Waals surface area contributed by atoms with Gasteiger partial charge in [0, 0.05) is 20.0 Å². The van der Waals surface area contributed by atoms with Crippen LogP contribution in [0.5, 0.6) is 0 Å². The molecule has 0 spiro atoms. The van der Waals surface area contributed by atoms with Crippen LogP contribution >= 0.6 is 0 Å². The highest BCUT2D eigenvalue weighted by Crippen LogP contribution is 2.19. The predicted molar refractivity (Wildman–Crippen MR) is 54.4 cm³/mol. The van der Waals surface area contributed by atoms with Gasteiger partial charge in [0.15, 0.2) is 0 Å². The number of nitrogens with zero attached hydrogens (tertiary/aromatic N) is 1. The van der Waals surface area contributed by atoms with Gasteiger partial charge in [-0.1, -0.05) is 20.3 Å². The fraction of sp³-hybridized carbons (Fsp3) is 0.909. The maximum Gasteiger partial charge on any atom is 0.219 e. The lowest BCUT2D eigenvalue weighted by Gasteiger charge is -2.30. The van der Waals surface area contributed by atoms with Crippen LogP contribution in [-0.4, -0.2) is 23.9 Å². The van der Waals surface area contributed by atoms with Crippen molar-refractivity contribution in [1.29, 1.82) is 0 Å². The number of carbonyl (C=O) groups is 1. The van der Waals surface area contributed by atoms with E-state index in [9.17, 15) is 4.79 Å². The fourth-order valence-corrected chi connectivity index (χ4v) is 2.08. The topological polar surface area (TPSA) is 20.3 Å². The maximum atomic E-state index is 11.3. The molecule has 1 saturated heterocycles. The van der Waals surface area contributed by atoms with E-state index in [1.54, 1.807) is 6.92 Å². The van der Waals surface area contributed by atoms with Gasteiger partial charge in [-0.3, -0.25) is 4.79 Å². The third-order valence-corrected chi connectivity index (χ3v) is 2.90. The number of rotatable bonds is 0. The summed E-state index contributed by atoms with van der Waals surface area (Å²) in [6.07, 6.45) is 3.87. The molecule has 0 aromatic heterocycles. The van der Waals surface area contributed by atoms with Gasteiger partial charge in [0.1, 0.15) is 0 Å². The summed E-state index contributed by atoms with van der Waals surface area (Å²) in [6.45, 7) is 8.08. The Kier molecular flexibility index (Phi) is 3.76. The normalized spacial score (nSPS) is 30.8. The molecule has 1 aliphatic rings. The summed E-state index contributed by atoms with van der Waals surface area (Å²) in [5.41, 5.74) is 0. The lowest BCUT2D eigenvalue weighted by Crippen LogP contribution is -2.37. The quantitative estimate of drug-likeness (QED) is 0.564. The van der Waals surface area contributed by atoms with E-state index in [0.717, 1.165) is 13.1 Å². The Balaban J connectivity index is 2.53.